The van der Waals surface area contributed by atoms with Gasteiger partial charge in [-0.3, -0.25) is 4.68 Å². The maximum atomic E-state index is 8.34. The lowest BCUT2D eigenvalue weighted by molar-refractivity contribution is 0.319. The highest BCUT2D eigenvalue weighted by molar-refractivity contribution is 5.96. The van der Waals surface area contributed by atoms with Gasteiger partial charge in [-0.15, -0.1) is 0 Å². The van der Waals surface area contributed by atoms with Crippen LogP contribution in [0, 0.1) is 0 Å². The van der Waals surface area contributed by atoms with Crippen LogP contribution in [0.15, 0.2) is 17.4 Å². The number of hydrogen-bond donors (Lipinski definition) is 1. The third-order valence-corrected chi connectivity index (χ3v) is 1.23. The van der Waals surface area contributed by atoms with Crippen molar-refractivity contribution in [2.24, 2.45) is 12.2 Å². The van der Waals surface area contributed by atoms with Crippen molar-refractivity contribution in [1.29, 1.82) is 0 Å². The molecule has 1 rings (SSSR count). The minimum atomic E-state index is 0.528. The highest BCUT2D eigenvalue weighted by atomic mass is 16.4. The molecule has 0 saturated heterocycles. The SMILES string of the molecule is C/C(=N/O)c1ccn(C)n1. The lowest BCUT2D eigenvalue weighted by Gasteiger charge is -1.88. The number of aromatic nitrogens is 2. The van der Waals surface area contributed by atoms with E-state index in [1.54, 1.807) is 23.9 Å². The van der Waals surface area contributed by atoms with Crippen LogP contribution in [0.4, 0.5) is 0 Å². The van der Waals surface area contributed by atoms with Gasteiger partial charge in [0.05, 0.1) is 0 Å². The molecular formula is C6H9N3O. The molecule has 1 aromatic heterocycles. The predicted octanol–water partition coefficient (Wildman–Crippen LogP) is 0.618. The normalized spacial score (nSPS) is 12.0. The molecule has 0 aliphatic rings. The van der Waals surface area contributed by atoms with Crippen LogP contribution >= 0.6 is 0 Å². The number of aryl methyl sites for hydroxylation is 1. The third-order valence-electron chi connectivity index (χ3n) is 1.23. The zero-order chi connectivity index (χ0) is 7.56. The first-order chi connectivity index (χ1) is 4.74. The van der Waals surface area contributed by atoms with Crippen LogP contribution in [0.5, 0.6) is 0 Å². The molecule has 0 radical (unpaired) electrons. The van der Waals surface area contributed by atoms with E-state index in [1.165, 1.54) is 0 Å². The van der Waals surface area contributed by atoms with Crippen LogP contribution in [-0.2, 0) is 7.05 Å². The van der Waals surface area contributed by atoms with E-state index in [1.807, 2.05) is 7.05 Å². The summed E-state index contributed by atoms with van der Waals surface area (Å²) in [6.07, 6.45) is 1.80. The minimum absolute atomic E-state index is 0.528. The summed E-state index contributed by atoms with van der Waals surface area (Å²) in [5.74, 6) is 0. The molecule has 0 aliphatic heterocycles. The Labute approximate surface area is 58.8 Å². The molecule has 0 aromatic carbocycles. The van der Waals surface area contributed by atoms with Gasteiger partial charge in [0.15, 0.2) is 0 Å². The zero-order valence-electron chi connectivity index (χ0n) is 5.94. The minimum Gasteiger partial charge on any atom is -0.411 e. The maximum Gasteiger partial charge on any atom is 0.110 e. The summed E-state index contributed by atoms with van der Waals surface area (Å²) in [5.41, 5.74) is 1.23. The van der Waals surface area contributed by atoms with Crippen LogP contribution in [0.1, 0.15) is 12.6 Å². The lowest BCUT2D eigenvalue weighted by atomic mass is 10.3. The van der Waals surface area contributed by atoms with Gasteiger partial charge in [-0.1, -0.05) is 5.16 Å². The standard InChI is InChI=1S/C6H9N3O/c1-5(8-10)6-3-4-9(2)7-6/h3-4,10H,1-2H3/b8-5-. The van der Waals surface area contributed by atoms with Crippen LogP contribution in [0.25, 0.3) is 0 Å². The van der Waals surface area contributed by atoms with E-state index in [4.69, 9.17) is 5.21 Å². The first-order valence-corrected chi connectivity index (χ1v) is 2.92. The second kappa shape index (κ2) is 2.51. The second-order valence-electron chi connectivity index (χ2n) is 2.06. The number of oxime groups is 1. The van der Waals surface area contributed by atoms with E-state index in [0.29, 0.717) is 11.4 Å². The molecule has 1 aromatic rings. The van der Waals surface area contributed by atoms with Gasteiger partial charge in [0.25, 0.3) is 0 Å². The van der Waals surface area contributed by atoms with Gasteiger partial charge in [0.1, 0.15) is 11.4 Å². The monoisotopic (exact) mass is 139 g/mol. The molecule has 0 atom stereocenters. The first kappa shape index (κ1) is 6.80. The fourth-order valence-electron chi connectivity index (χ4n) is 0.659. The van der Waals surface area contributed by atoms with Crippen LogP contribution in [-0.4, -0.2) is 20.7 Å². The van der Waals surface area contributed by atoms with E-state index in [9.17, 15) is 0 Å². The Bertz CT molecular complexity index is 251. The average Bonchev–Trinajstić information content (AvgIpc) is 2.34. The molecular weight excluding hydrogens is 130 g/mol. The highest BCUT2D eigenvalue weighted by Gasteiger charge is 1.98. The van der Waals surface area contributed by atoms with Crippen molar-refractivity contribution in [3.05, 3.63) is 18.0 Å². The van der Waals surface area contributed by atoms with Crippen molar-refractivity contribution in [2.45, 2.75) is 6.92 Å². The van der Waals surface area contributed by atoms with Crippen molar-refractivity contribution in [3.8, 4) is 0 Å². The number of rotatable bonds is 1. The molecule has 1 N–H and O–H groups in total. The Balaban J connectivity index is 2.95. The number of hydrogen-bond acceptors (Lipinski definition) is 3. The topological polar surface area (TPSA) is 50.4 Å². The van der Waals surface area contributed by atoms with Crippen LogP contribution < -0.4 is 0 Å². The van der Waals surface area contributed by atoms with E-state index in [2.05, 4.69) is 10.3 Å². The summed E-state index contributed by atoms with van der Waals surface area (Å²) >= 11 is 0. The van der Waals surface area contributed by atoms with Gasteiger partial charge in [-0.2, -0.15) is 5.10 Å². The van der Waals surface area contributed by atoms with Crippen molar-refractivity contribution in [3.63, 3.8) is 0 Å². The third kappa shape index (κ3) is 1.15. The molecule has 1 heterocycles. The Hall–Kier alpha value is -1.32. The van der Waals surface area contributed by atoms with Crippen molar-refractivity contribution in [2.75, 3.05) is 0 Å². The molecule has 0 saturated carbocycles. The molecule has 54 valence electrons. The Morgan fingerprint density at radius 1 is 1.80 bits per heavy atom. The smallest absolute Gasteiger partial charge is 0.110 e. The maximum absolute atomic E-state index is 8.34. The van der Waals surface area contributed by atoms with E-state index in [0.717, 1.165) is 0 Å². The Morgan fingerprint density at radius 2 is 2.50 bits per heavy atom. The quantitative estimate of drug-likeness (QED) is 0.352. The average molecular weight is 139 g/mol. The second-order valence-corrected chi connectivity index (χ2v) is 2.06. The zero-order valence-corrected chi connectivity index (χ0v) is 5.94. The Morgan fingerprint density at radius 3 is 2.90 bits per heavy atom. The van der Waals surface area contributed by atoms with Crippen LogP contribution in [0.2, 0.25) is 0 Å². The van der Waals surface area contributed by atoms with Gasteiger partial charge in [0.2, 0.25) is 0 Å². The largest absolute Gasteiger partial charge is 0.411 e. The predicted molar refractivity (Wildman–Crippen MR) is 37.2 cm³/mol. The molecule has 0 unspecified atom stereocenters. The fraction of sp³-hybridized carbons (Fsp3) is 0.333. The van der Waals surface area contributed by atoms with E-state index < -0.39 is 0 Å². The van der Waals surface area contributed by atoms with Gasteiger partial charge in [-0.25, -0.2) is 0 Å². The van der Waals surface area contributed by atoms with Crippen molar-refractivity contribution >= 4 is 5.71 Å². The fourth-order valence-corrected chi connectivity index (χ4v) is 0.659. The Kier molecular flexibility index (Phi) is 1.71. The first-order valence-electron chi connectivity index (χ1n) is 2.92. The number of nitrogens with zero attached hydrogens (tertiary/aromatic N) is 3. The molecule has 0 spiro atoms. The highest BCUT2D eigenvalue weighted by Crippen LogP contribution is 1.95. The van der Waals surface area contributed by atoms with Gasteiger partial charge >= 0.3 is 0 Å². The summed E-state index contributed by atoms with van der Waals surface area (Å²) in [5, 5.41) is 15.4. The molecule has 10 heavy (non-hydrogen) atoms. The van der Waals surface area contributed by atoms with E-state index >= 15 is 0 Å². The summed E-state index contributed by atoms with van der Waals surface area (Å²) < 4.78 is 1.66. The molecule has 0 amide bonds. The molecule has 0 bridgehead atoms. The lowest BCUT2D eigenvalue weighted by Crippen LogP contribution is -1.97. The van der Waals surface area contributed by atoms with Crippen LogP contribution in [0.3, 0.4) is 0 Å². The molecule has 4 heteroatoms. The van der Waals surface area contributed by atoms with Gasteiger partial charge < -0.3 is 5.21 Å². The summed E-state index contributed by atoms with van der Waals surface area (Å²) in [6.45, 7) is 1.70. The molecule has 0 aliphatic carbocycles. The van der Waals surface area contributed by atoms with E-state index in [-0.39, 0.29) is 0 Å². The molecule has 0 fully saturated rings. The van der Waals surface area contributed by atoms with Gasteiger partial charge in [-0.05, 0) is 13.0 Å². The van der Waals surface area contributed by atoms with Gasteiger partial charge in [0, 0.05) is 13.2 Å². The molecule has 4 nitrogen and oxygen atoms in total. The van der Waals surface area contributed by atoms with Crippen molar-refractivity contribution < 1.29 is 5.21 Å². The van der Waals surface area contributed by atoms with Crippen molar-refractivity contribution in [1.82, 2.24) is 9.78 Å². The summed E-state index contributed by atoms with van der Waals surface area (Å²) in [4.78, 5) is 0. The summed E-state index contributed by atoms with van der Waals surface area (Å²) in [7, 11) is 1.81. The summed E-state index contributed by atoms with van der Waals surface area (Å²) in [6, 6.07) is 1.79.